The number of pyridine rings is 1. The standard InChI is InChI=1S/C39H45N3O6/c1-26-36(24-42(4)20-18-35-13-5-6-19-40-35)47-39(48-37(26)31-16-14-29(25-43)15-17-31)34-12-8-11-33(22-34)32-10-7-9-30(21-32)23-41-38(45)27(2)46-28(3)44/h5-17,19,21-22,26-27,36-37,39,43H,18,20,23-25H2,1-4H3,(H,41,45)/t26-,27-,36+,37+,39+/m0/s1. The van der Waals surface area contributed by atoms with Gasteiger partial charge < -0.3 is 29.5 Å². The largest absolute Gasteiger partial charge is 0.453 e. The summed E-state index contributed by atoms with van der Waals surface area (Å²) in [6, 6.07) is 30.1. The Morgan fingerprint density at radius 3 is 2.40 bits per heavy atom. The van der Waals surface area contributed by atoms with Gasteiger partial charge in [0.05, 0.1) is 18.8 Å². The van der Waals surface area contributed by atoms with Crippen molar-refractivity contribution in [1.29, 1.82) is 0 Å². The topological polar surface area (TPSA) is 110 Å². The lowest BCUT2D eigenvalue weighted by Crippen LogP contribution is -2.43. The molecule has 0 unspecified atom stereocenters. The Morgan fingerprint density at radius 2 is 1.69 bits per heavy atom. The number of hydrogen-bond acceptors (Lipinski definition) is 8. The molecule has 5 rings (SSSR count). The van der Waals surface area contributed by atoms with E-state index < -0.39 is 18.4 Å². The number of carbonyl (C=O) groups is 2. The minimum absolute atomic E-state index is 0.00937. The molecule has 1 amide bonds. The van der Waals surface area contributed by atoms with E-state index >= 15 is 0 Å². The van der Waals surface area contributed by atoms with Gasteiger partial charge >= 0.3 is 5.97 Å². The number of likely N-dealkylation sites (N-methyl/N-ethyl adjacent to an activating group) is 1. The number of benzene rings is 3. The van der Waals surface area contributed by atoms with Crippen LogP contribution in [-0.4, -0.2) is 59.2 Å². The van der Waals surface area contributed by atoms with E-state index in [-0.39, 0.29) is 30.6 Å². The van der Waals surface area contributed by atoms with Crippen molar-refractivity contribution >= 4 is 11.9 Å². The third kappa shape index (κ3) is 9.35. The summed E-state index contributed by atoms with van der Waals surface area (Å²) in [6.45, 7) is 6.87. The Labute approximate surface area is 282 Å². The molecule has 1 aromatic heterocycles. The summed E-state index contributed by atoms with van der Waals surface area (Å²) in [7, 11) is 2.11. The molecule has 9 heteroatoms. The third-order valence-electron chi connectivity index (χ3n) is 8.69. The van der Waals surface area contributed by atoms with Gasteiger partial charge in [-0.05, 0) is 66.1 Å². The first-order valence-electron chi connectivity index (χ1n) is 16.4. The highest BCUT2D eigenvalue weighted by Gasteiger charge is 2.39. The normalized spacial score (nSPS) is 19.9. The predicted octanol–water partition coefficient (Wildman–Crippen LogP) is 5.77. The van der Waals surface area contributed by atoms with Crippen molar-refractivity contribution in [2.75, 3.05) is 20.1 Å². The van der Waals surface area contributed by atoms with Gasteiger partial charge in [0, 0.05) is 56.4 Å². The number of ether oxygens (including phenoxy) is 3. The van der Waals surface area contributed by atoms with E-state index in [1.54, 1.807) is 6.92 Å². The second-order valence-corrected chi connectivity index (χ2v) is 12.5. The molecule has 1 saturated heterocycles. The Balaban J connectivity index is 1.34. The van der Waals surface area contributed by atoms with Gasteiger partial charge in [-0.1, -0.05) is 73.7 Å². The number of carbonyl (C=O) groups excluding carboxylic acids is 2. The number of hydrogen-bond donors (Lipinski definition) is 2. The molecular weight excluding hydrogens is 606 g/mol. The van der Waals surface area contributed by atoms with Crippen LogP contribution in [0.3, 0.4) is 0 Å². The van der Waals surface area contributed by atoms with Crippen molar-refractivity contribution in [2.45, 2.75) is 64.9 Å². The van der Waals surface area contributed by atoms with Gasteiger partial charge in [-0.25, -0.2) is 0 Å². The zero-order valence-corrected chi connectivity index (χ0v) is 28.0. The van der Waals surface area contributed by atoms with Crippen molar-refractivity contribution in [3.63, 3.8) is 0 Å². The average molecular weight is 652 g/mol. The molecule has 1 aliphatic rings. The second-order valence-electron chi connectivity index (χ2n) is 12.5. The van der Waals surface area contributed by atoms with Crippen LogP contribution < -0.4 is 5.32 Å². The van der Waals surface area contributed by atoms with Gasteiger partial charge in [-0.15, -0.1) is 0 Å². The summed E-state index contributed by atoms with van der Waals surface area (Å²) in [5.74, 6) is -0.780. The Hall–Kier alpha value is -4.41. The fraction of sp³-hybridized carbons (Fsp3) is 0.359. The van der Waals surface area contributed by atoms with Crippen molar-refractivity contribution in [1.82, 2.24) is 15.2 Å². The van der Waals surface area contributed by atoms with Gasteiger partial charge in [0.15, 0.2) is 12.4 Å². The lowest BCUT2D eigenvalue weighted by atomic mass is 9.90. The van der Waals surface area contributed by atoms with Gasteiger partial charge in [0.1, 0.15) is 0 Å². The maximum Gasteiger partial charge on any atom is 0.303 e. The van der Waals surface area contributed by atoms with E-state index in [1.165, 1.54) is 6.92 Å². The molecule has 0 spiro atoms. The van der Waals surface area contributed by atoms with Crippen LogP contribution in [-0.2, 0) is 43.4 Å². The van der Waals surface area contributed by atoms with Crippen molar-refractivity contribution in [2.24, 2.45) is 5.92 Å². The monoisotopic (exact) mass is 651 g/mol. The lowest BCUT2D eigenvalue weighted by Gasteiger charge is -2.42. The van der Waals surface area contributed by atoms with Crippen LogP contribution in [0, 0.1) is 5.92 Å². The van der Waals surface area contributed by atoms with Gasteiger partial charge in [-0.3, -0.25) is 14.6 Å². The Bertz CT molecular complexity index is 1650. The van der Waals surface area contributed by atoms with Crippen molar-refractivity contribution in [3.8, 4) is 11.1 Å². The fourth-order valence-electron chi connectivity index (χ4n) is 5.94. The number of aliphatic hydroxyl groups is 1. The van der Waals surface area contributed by atoms with E-state index in [9.17, 15) is 14.7 Å². The highest BCUT2D eigenvalue weighted by Crippen LogP contribution is 2.42. The second kappa shape index (κ2) is 16.6. The summed E-state index contributed by atoms with van der Waals surface area (Å²) in [6.07, 6.45) is 0.901. The van der Waals surface area contributed by atoms with Gasteiger partial charge in [0.25, 0.3) is 5.91 Å². The van der Waals surface area contributed by atoms with Crippen LogP contribution >= 0.6 is 0 Å². The molecule has 1 fully saturated rings. The molecule has 0 bridgehead atoms. The maximum atomic E-state index is 12.4. The molecule has 9 nitrogen and oxygen atoms in total. The zero-order chi connectivity index (χ0) is 34.0. The highest BCUT2D eigenvalue weighted by molar-refractivity contribution is 5.82. The lowest BCUT2D eigenvalue weighted by molar-refractivity contribution is -0.275. The summed E-state index contributed by atoms with van der Waals surface area (Å²) < 4.78 is 18.4. The molecule has 5 atom stereocenters. The number of rotatable bonds is 13. The van der Waals surface area contributed by atoms with Crippen LogP contribution in [0.2, 0.25) is 0 Å². The van der Waals surface area contributed by atoms with Crippen LogP contribution in [0.1, 0.15) is 61.1 Å². The molecule has 48 heavy (non-hydrogen) atoms. The first kappa shape index (κ1) is 34.9. The summed E-state index contributed by atoms with van der Waals surface area (Å²) in [4.78, 5) is 30.3. The van der Waals surface area contributed by atoms with Crippen LogP contribution in [0.5, 0.6) is 0 Å². The molecule has 0 radical (unpaired) electrons. The summed E-state index contributed by atoms with van der Waals surface area (Å²) in [5.41, 5.74) is 6.77. The molecule has 0 aliphatic carbocycles. The number of amides is 1. The van der Waals surface area contributed by atoms with Crippen LogP contribution in [0.4, 0.5) is 0 Å². The van der Waals surface area contributed by atoms with Crippen molar-refractivity contribution in [3.05, 3.63) is 125 Å². The molecule has 252 valence electrons. The van der Waals surface area contributed by atoms with Gasteiger partial charge in [0.2, 0.25) is 0 Å². The number of nitrogens with zero attached hydrogens (tertiary/aromatic N) is 2. The fourth-order valence-corrected chi connectivity index (χ4v) is 5.94. The summed E-state index contributed by atoms with van der Waals surface area (Å²) >= 11 is 0. The smallest absolute Gasteiger partial charge is 0.303 e. The molecule has 3 aromatic carbocycles. The third-order valence-corrected chi connectivity index (χ3v) is 8.69. The maximum absolute atomic E-state index is 12.4. The quantitative estimate of drug-likeness (QED) is 0.175. The first-order chi connectivity index (χ1) is 23.2. The predicted molar refractivity (Wildman–Crippen MR) is 183 cm³/mol. The minimum atomic E-state index is -0.860. The van der Waals surface area contributed by atoms with Crippen LogP contribution in [0.25, 0.3) is 11.1 Å². The molecule has 4 aromatic rings. The van der Waals surface area contributed by atoms with Gasteiger partial charge in [-0.2, -0.15) is 0 Å². The Kier molecular flexibility index (Phi) is 12.1. The minimum Gasteiger partial charge on any atom is -0.453 e. The van der Waals surface area contributed by atoms with E-state index in [2.05, 4.69) is 41.3 Å². The molecular formula is C39H45N3O6. The van der Waals surface area contributed by atoms with E-state index in [4.69, 9.17) is 14.2 Å². The van der Waals surface area contributed by atoms with Crippen LogP contribution in [0.15, 0.2) is 97.2 Å². The zero-order valence-electron chi connectivity index (χ0n) is 28.0. The van der Waals surface area contributed by atoms with E-state index in [0.717, 1.165) is 58.6 Å². The number of esters is 1. The number of aliphatic hydroxyl groups excluding tert-OH is 1. The number of aromatic nitrogens is 1. The van der Waals surface area contributed by atoms with E-state index in [1.807, 2.05) is 85.1 Å². The van der Waals surface area contributed by atoms with Crippen molar-refractivity contribution < 1.29 is 28.9 Å². The molecule has 2 heterocycles. The average Bonchev–Trinajstić information content (AvgIpc) is 3.11. The molecule has 0 saturated carbocycles. The first-order valence-corrected chi connectivity index (χ1v) is 16.4. The SMILES string of the molecule is CC(=O)O[C@@H](C)C(=O)NCc1cccc(-c2cccc([C@@H]3O[C@H](CN(C)CCc4ccccn4)[C@H](C)[C@H](c4ccc(CO)cc4)O3)c2)c1. The summed E-state index contributed by atoms with van der Waals surface area (Å²) in [5, 5.41) is 12.4. The highest BCUT2D eigenvalue weighted by atomic mass is 16.7. The Morgan fingerprint density at radius 1 is 0.938 bits per heavy atom. The molecule has 1 aliphatic heterocycles. The number of nitrogens with one attached hydrogen (secondary N) is 1. The van der Waals surface area contributed by atoms with E-state index in [0.29, 0.717) is 6.54 Å². The molecule has 2 N–H and O–H groups in total.